The van der Waals surface area contributed by atoms with E-state index < -0.39 is 35.4 Å². The molecule has 2 fully saturated rings. The summed E-state index contributed by atoms with van der Waals surface area (Å²) in [5, 5.41) is 0. The Morgan fingerprint density at radius 2 is 1.50 bits per heavy atom. The summed E-state index contributed by atoms with van der Waals surface area (Å²) < 4.78 is 77.7. The molecule has 3 rings (SSSR count). The van der Waals surface area contributed by atoms with Gasteiger partial charge in [-0.25, -0.2) is 13.2 Å². The van der Waals surface area contributed by atoms with Crippen LogP contribution < -0.4 is 4.74 Å². The van der Waals surface area contributed by atoms with Gasteiger partial charge in [0.05, 0.1) is 6.61 Å². The van der Waals surface area contributed by atoms with Crippen LogP contribution in [0.4, 0.5) is 22.0 Å². The van der Waals surface area contributed by atoms with Crippen LogP contribution in [0.15, 0.2) is 12.1 Å². The Morgan fingerprint density at radius 3 is 2.04 bits per heavy atom. The van der Waals surface area contributed by atoms with Crippen molar-refractivity contribution in [2.75, 3.05) is 6.61 Å². The maximum Gasteiger partial charge on any atom is 0.424 e. The molecule has 7 heteroatoms. The van der Waals surface area contributed by atoms with Gasteiger partial charge in [-0.2, -0.15) is 8.78 Å². The van der Waals surface area contributed by atoms with Crippen molar-refractivity contribution in [2.45, 2.75) is 57.7 Å². The van der Waals surface area contributed by atoms with Crippen LogP contribution in [-0.4, -0.2) is 18.8 Å². The molecular weight excluding hydrogens is 355 g/mol. The predicted molar refractivity (Wildman–Crippen MR) is 85.5 cm³/mol. The van der Waals surface area contributed by atoms with Gasteiger partial charge < -0.3 is 9.47 Å². The van der Waals surface area contributed by atoms with Crippen molar-refractivity contribution in [2.24, 2.45) is 17.8 Å². The molecule has 0 radical (unpaired) electrons. The van der Waals surface area contributed by atoms with Gasteiger partial charge in [0, 0.05) is 12.1 Å². The average Bonchev–Trinajstić information content (AvgIpc) is 2.60. The highest BCUT2D eigenvalue weighted by molar-refractivity contribution is 5.25. The summed E-state index contributed by atoms with van der Waals surface area (Å²) in [5.74, 6) is -4.16. The van der Waals surface area contributed by atoms with Gasteiger partial charge in [-0.15, -0.1) is 0 Å². The highest BCUT2D eigenvalue weighted by Crippen LogP contribution is 2.40. The van der Waals surface area contributed by atoms with E-state index >= 15 is 0 Å². The van der Waals surface area contributed by atoms with E-state index in [1.54, 1.807) is 0 Å². The first-order chi connectivity index (χ1) is 12.3. The molecule has 2 atom stereocenters. The Kier molecular flexibility index (Phi) is 5.75. The van der Waals surface area contributed by atoms with Gasteiger partial charge in [-0.3, -0.25) is 0 Å². The fraction of sp³-hybridized carbons (Fsp3) is 0.684. The number of benzene rings is 1. The van der Waals surface area contributed by atoms with Gasteiger partial charge in [0.15, 0.2) is 23.6 Å². The summed E-state index contributed by atoms with van der Waals surface area (Å²) in [6, 6.07) is 0.808. The van der Waals surface area contributed by atoms with Gasteiger partial charge in [0.2, 0.25) is 0 Å². The third-order valence-corrected chi connectivity index (χ3v) is 5.62. The molecule has 1 saturated heterocycles. The highest BCUT2D eigenvalue weighted by atomic mass is 19.3. The Bertz CT molecular complexity index is 597. The minimum absolute atomic E-state index is 0.107. The molecule has 1 saturated carbocycles. The number of alkyl halides is 2. The molecule has 2 aliphatic rings. The van der Waals surface area contributed by atoms with Gasteiger partial charge in [-0.1, -0.05) is 19.8 Å². The minimum Gasteiger partial charge on any atom is -0.430 e. The third kappa shape index (κ3) is 4.30. The van der Waals surface area contributed by atoms with Crippen LogP contribution in [0.2, 0.25) is 0 Å². The fourth-order valence-electron chi connectivity index (χ4n) is 3.98. The molecule has 146 valence electrons. The summed E-state index contributed by atoms with van der Waals surface area (Å²) in [6.45, 7) is 2.46. The Hall–Kier alpha value is -1.37. The quantitative estimate of drug-likeness (QED) is 0.494. The molecule has 0 bridgehead atoms. The van der Waals surface area contributed by atoms with Crippen molar-refractivity contribution >= 4 is 0 Å². The minimum atomic E-state index is -3.75. The zero-order valence-corrected chi connectivity index (χ0v) is 14.6. The molecule has 1 aromatic carbocycles. The summed E-state index contributed by atoms with van der Waals surface area (Å²) in [6.07, 6.45) is -0.00997. The Labute approximate surface area is 149 Å². The lowest BCUT2D eigenvalue weighted by Crippen LogP contribution is -2.45. The lowest BCUT2D eigenvalue weighted by atomic mass is 9.74. The highest BCUT2D eigenvalue weighted by Gasteiger charge is 2.46. The van der Waals surface area contributed by atoms with Crippen LogP contribution in [-0.2, 0) is 4.74 Å². The number of hydrogen-bond donors (Lipinski definition) is 0. The van der Waals surface area contributed by atoms with E-state index in [0.717, 1.165) is 31.6 Å². The molecule has 0 N–H and O–H groups in total. The van der Waals surface area contributed by atoms with Crippen molar-refractivity contribution in [1.82, 2.24) is 0 Å². The zero-order chi connectivity index (χ0) is 18.9. The van der Waals surface area contributed by atoms with Crippen molar-refractivity contribution in [3.8, 4) is 5.75 Å². The second-order valence-electron chi connectivity index (χ2n) is 7.54. The normalized spacial score (nSPS) is 30.2. The van der Waals surface area contributed by atoms with Crippen molar-refractivity contribution in [3.05, 3.63) is 29.6 Å². The Morgan fingerprint density at radius 1 is 0.923 bits per heavy atom. The van der Waals surface area contributed by atoms with E-state index in [1.165, 1.54) is 0 Å². The molecule has 2 unspecified atom stereocenters. The second-order valence-corrected chi connectivity index (χ2v) is 7.54. The molecule has 1 aromatic rings. The summed E-state index contributed by atoms with van der Waals surface area (Å²) >= 11 is 0. The standard InChI is InChI=1S/C19H23F5O2/c1-11-2-4-12(5-3-11)13-6-7-17(25-10-13)19(23,24)26-14-8-15(20)18(22)16(21)9-14/h8-9,11-13,17H,2-7,10H2,1H3. The first kappa shape index (κ1) is 19.4. The topological polar surface area (TPSA) is 18.5 Å². The van der Waals surface area contributed by atoms with Gasteiger partial charge in [-0.05, 0) is 43.4 Å². The van der Waals surface area contributed by atoms with E-state index in [9.17, 15) is 22.0 Å². The molecule has 0 aromatic heterocycles. The first-order valence-corrected chi connectivity index (χ1v) is 9.09. The predicted octanol–water partition coefficient (Wildman–Crippen LogP) is 5.70. The number of hydrogen-bond acceptors (Lipinski definition) is 2. The van der Waals surface area contributed by atoms with Gasteiger partial charge in [0.1, 0.15) is 5.75 Å². The largest absolute Gasteiger partial charge is 0.430 e. The number of ether oxygens (including phenoxy) is 2. The molecule has 1 aliphatic heterocycles. The van der Waals surface area contributed by atoms with Gasteiger partial charge >= 0.3 is 6.11 Å². The van der Waals surface area contributed by atoms with Crippen molar-refractivity contribution < 1.29 is 31.4 Å². The van der Waals surface area contributed by atoms with Crippen molar-refractivity contribution in [1.29, 1.82) is 0 Å². The third-order valence-electron chi connectivity index (χ3n) is 5.62. The van der Waals surface area contributed by atoms with Crippen LogP contribution >= 0.6 is 0 Å². The van der Waals surface area contributed by atoms with E-state index in [2.05, 4.69) is 11.7 Å². The molecule has 0 amide bonds. The Balaban J connectivity index is 1.57. The molecule has 26 heavy (non-hydrogen) atoms. The van der Waals surface area contributed by atoms with Crippen LogP contribution in [0.25, 0.3) is 0 Å². The zero-order valence-electron chi connectivity index (χ0n) is 14.6. The average molecular weight is 378 g/mol. The summed E-state index contributed by atoms with van der Waals surface area (Å²) in [5.41, 5.74) is 0. The second kappa shape index (κ2) is 7.71. The smallest absolute Gasteiger partial charge is 0.424 e. The SMILES string of the molecule is CC1CCC(C2CCC(C(F)(F)Oc3cc(F)c(F)c(F)c3)OC2)CC1. The maximum atomic E-state index is 14.3. The molecule has 1 aliphatic carbocycles. The van der Waals surface area contributed by atoms with Crippen molar-refractivity contribution in [3.63, 3.8) is 0 Å². The maximum absolute atomic E-state index is 14.3. The lowest BCUT2D eigenvalue weighted by Gasteiger charge is -2.38. The van der Waals surface area contributed by atoms with E-state index in [1.807, 2.05) is 0 Å². The van der Waals surface area contributed by atoms with E-state index in [4.69, 9.17) is 4.74 Å². The molecule has 0 spiro atoms. The lowest BCUT2D eigenvalue weighted by molar-refractivity contribution is -0.266. The first-order valence-electron chi connectivity index (χ1n) is 9.09. The number of rotatable bonds is 4. The van der Waals surface area contributed by atoms with Crippen LogP contribution in [0.3, 0.4) is 0 Å². The molecular formula is C19H23F5O2. The van der Waals surface area contributed by atoms with Crippen LogP contribution in [0.1, 0.15) is 45.4 Å². The summed E-state index contributed by atoms with van der Waals surface area (Å²) in [4.78, 5) is 0. The van der Waals surface area contributed by atoms with Crippen LogP contribution in [0, 0.1) is 35.2 Å². The van der Waals surface area contributed by atoms with E-state index in [0.29, 0.717) is 24.5 Å². The molecule has 1 heterocycles. The fourth-order valence-corrected chi connectivity index (χ4v) is 3.98. The molecule has 2 nitrogen and oxygen atoms in total. The van der Waals surface area contributed by atoms with Crippen LogP contribution in [0.5, 0.6) is 5.75 Å². The number of halogens is 5. The van der Waals surface area contributed by atoms with Gasteiger partial charge in [0.25, 0.3) is 0 Å². The van der Waals surface area contributed by atoms with E-state index in [-0.39, 0.29) is 18.9 Å². The summed E-state index contributed by atoms with van der Waals surface area (Å²) in [7, 11) is 0. The monoisotopic (exact) mass is 378 g/mol.